The summed E-state index contributed by atoms with van der Waals surface area (Å²) in [6, 6.07) is 8.44. The molecule has 0 aliphatic carbocycles. The van der Waals surface area contributed by atoms with Gasteiger partial charge in [-0.25, -0.2) is 13.1 Å². The molecule has 1 aromatic carbocycles. The zero-order valence-electron chi connectivity index (χ0n) is 14.8. The van der Waals surface area contributed by atoms with Crippen molar-refractivity contribution in [2.75, 3.05) is 26.2 Å². The molecule has 6 nitrogen and oxygen atoms in total. The van der Waals surface area contributed by atoms with E-state index in [0.717, 1.165) is 45.3 Å². The van der Waals surface area contributed by atoms with Gasteiger partial charge in [-0.1, -0.05) is 24.6 Å². The van der Waals surface area contributed by atoms with Gasteiger partial charge in [0.05, 0.1) is 11.5 Å². The fourth-order valence-electron chi connectivity index (χ4n) is 3.03. The Morgan fingerprint density at radius 2 is 2.00 bits per heavy atom. The number of benzene rings is 1. The topological polar surface area (TPSA) is 75.7 Å². The first-order valence-electron chi connectivity index (χ1n) is 8.96. The predicted octanol–water partition coefficient (Wildman–Crippen LogP) is 2.16. The van der Waals surface area contributed by atoms with Crippen molar-refractivity contribution in [3.8, 4) is 0 Å². The lowest BCUT2D eigenvalue weighted by Gasteiger charge is -2.16. The largest absolute Gasteiger partial charge is 0.466 e. The molecule has 140 valence electrons. The third kappa shape index (κ3) is 6.76. The van der Waals surface area contributed by atoms with Crippen LogP contribution in [0.2, 0.25) is 0 Å². The maximum Gasteiger partial charge on any atom is 0.305 e. The molecule has 25 heavy (non-hydrogen) atoms. The maximum absolute atomic E-state index is 12.3. The van der Waals surface area contributed by atoms with Crippen LogP contribution in [-0.2, 0) is 19.6 Å². The minimum Gasteiger partial charge on any atom is -0.466 e. The highest BCUT2D eigenvalue weighted by Crippen LogP contribution is 2.15. The predicted molar refractivity (Wildman–Crippen MR) is 96.7 cm³/mol. The zero-order valence-corrected chi connectivity index (χ0v) is 15.6. The summed E-state index contributed by atoms with van der Waals surface area (Å²) in [6.45, 7) is 4.83. The first kappa shape index (κ1) is 19.9. The van der Waals surface area contributed by atoms with Gasteiger partial charge < -0.3 is 9.64 Å². The smallest absolute Gasteiger partial charge is 0.305 e. The number of unbranched alkanes of at least 4 members (excludes halogenated alkanes) is 2. The molecule has 7 heteroatoms. The molecular weight excluding hydrogens is 340 g/mol. The summed E-state index contributed by atoms with van der Waals surface area (Å²) in [6.07, 6.45) is 4.15. The molecular formula is C18H28N2O4S. The van der Waals surface area contributed by atoms with Crippen molar-refractivity contribution in [1.29, 1.82) is 0 Å². The average molecular weight is 368 g/mol. The van der Waals surface area contributed by atoms with Gasteiger partial charge >= 0.3 is 5.97 Å². The van der Waals surface area contributed by atoms with E-state index in [2.05, 4.69) is 9.62 Å². The number of sulfonamides is 1. The zero-order chi connectivity index (χ0) is 18.1. The second-order valence-electron chi connectivity index (χ2n) is 6.34. The van der Waals surface area contributed by atoms with Crippen molar-refractivity contribution < 1.29 is 17.9 Å². The summed E-state index contributed by atoms with van der Waals surface area (Å²) in [7, 11) is -3.44. The van der Waals surface area contributed by atoms with Crippen molar-refractivity contribution in [3.05, 3.63) is 30.3 Å². The molecule has 1 saturated heterocycles. The Balaban J connectivity index is 1.65. The van der Waals surface area contributed by atoms with Gasteiger partial charge in [-0.2, -0.15) is 0 Å². The van der Waals surface area contributed by atoms with Gasteiger partial charge in [-0.05, 0) is 51.4 Å². The van der Waals surface area contributed by atoms with Crippen LogP contribution in [0.3, 0.4) is 0 Å². The van der Waals surface area contributed by atoms with Gasteiger partial charge in [0.1, 0.15) is 0 Å². The molecule has 1 aromatic rings. The van der Waals surface area contributed by atoms with Crippen LogP contribution in [0.1, 0.15) is 39.0 Å². The molecule has 2 rings (SSSR count). The first-order chi connectivity index (χ1) is 12.0. The fraction of sp³-hybridized carbons (Fsp3) is 0.611. The second kappa shape index (κ2) is 9.89. The van der Waals surface area contributed by atoms with E-state index >= 15 is 0 Å². The molecule has 1 aliphatic rings. The van der Waals surface area contributed by atoms with Gasteiger partial charge in [-0.15, -0.1) is 0 Å². The Hall–Kier alpha value is -1.44. The van der Waals surface area contributed by atoms with Crippen LogP contribution in [-0.4, -0.2) is 51.6 Å². The van der Waals surface area contributed by atoms with Gasteiger partial charge in [0.15, 0.2) is 0 Å². The third-order valence-electron chi connectivity index (χ3n) is 4.31. The molecule has 1 atom stereocenters. The van der Waals surface area contributed by atoms with Crippen LogP contribution >= 0.6 is 0 Å². The van der Waals surface area contributed by atoms with Crippen LogP contribution in [0.4, 0.5) is 0 Å². The highest BCUT2D eigenvalue weighted by Gasteiger charge is 2.26. The van der Waals surface area contributed by atoms with E-state index < -0.39 is 10.0 Å². The van der Waals surface area contributed by atoms with Gasteiger partial charge in [0.25, 0.3) is 0 Å². The van der Waals surface area contributed by atoms with Crippen molar-refractivity contribution in [2.24, 2.45) is 0 Å². The molecule has 1 fully saturated rings. The summed E-state index contributed by atoms with van der Waals surface area (Å²) < 4.78 is 32.4. The first-order valence-corrected chi connectivity index (χ1v) is 10.4. The minimum atomic E-state index is -3.44. The Morgan fingerprint density at radius 3 is 2.72 bits per heavy atom. The Kier molecular flexibility index (Phi) is 7.87. The molecule has 0 spiro atoms. The summed E-state index contributed by atoms with van der Waals surface area (Å²) in [4.78, 5) is 13.9. The minimum absolute atomic E-state index is 0.0373. The van der Waals surface area contributed by atoms with Crippen molar-refractivity contribution in [1.82, 2.24) is 9.62 Å². The number of hydrogen-bond donors (Lipinski definition) is 1. The molecule has 0 aromatic heterocycles. The number of esters is 1. The Bertz CT molecular complexity index is 634. The van der Waals surface area contributed by atoms with Gasteiger partial charge in [0.2, 0.25) is 10.0 Å². The van der Waals surface area contributed by atoms with E-state index in [1.54, 1.807) is 30.3 Å². The van der Waals surface area contributed by atoms with Crippen molar-refractivity contribution in [3.63, 3.8) is 0 Å². The third-order valence-corrected chi connectivity index (χ3v) is 5.84. The number of nitrogens with zero attached hydrogens (tertiary/aromatic N) is 1. The van der Waals surface area contributed by atoms with Crippen LogP contribution in [0.25, 0.3) is 0 Å². The lowest BCUT2D eigenvalue weighted by atomic mass is 10.2. The molecule has 1 heterocycles. The lowest BCUT2D eigenvalue weighted by Crippen LogP contribution is -2.37. The Labute approximate surface area is 150 Å². The highest BCUT2D eigenvalue weighted by atomic mass is 32.2. The fourth-order valence-corrected chi connectivity index (χ4v) is 4.32. The number of carbonyl (C=O) groups is 1. The number of likely N-dealkylation sites (tertiary alicyclic amines) is 1. The Morgan fingerprint density at radius 1 is 1.24 bits per heavy atom. The quantitative estimate of drug-likeness (QED) is 0.506. The summed E-state index contributed by atoms with van der Waals surface area (Å²) >= 11 is 0. The van der Waals surface area contributed by atoms with Crippen LogP contribution in [0.5, 0.6) is 0 Å². The number of nitrogens with one attached hydrogen (secondary N) is 1. The van der Waals surface area contributed by atoms with E-state index in [4.69, 9.17) is 4.74 Å². The normalized spacial score (nSPS) is 18.4. The van der Waals surface area contributed by atoms with E-state index in [9.17, 15) is 13.2 Å². The van der Waals surface area contributed by atoms with Gasteiger partial charge in [-0.3, -0.25) is 4.79 Å². The number of hydrogen-bond acceptors (Lipinski definition) is 5. The van der Waals surface area contributed by atoms with Crippen molar-refractivity contribution in [2.45, 2.75) is 50.0 Å². The van der Waals surface area contributed by atoms with Crippen molar-refractivity contribution >= 4 is 16.0 Å². The summed E-state index contributed by atoms with van der Waals surface area (Å²) in [5.74, 6) is -0.126. The average Bonchev–Trinajstić information content (AvgIpc) is 3.02. The lowest BCUT2D eigenvalue weighted by molar-refractivity contribution is -0.143. The highest BCUT2D eigenvalue weighted by molar-refractivity contribution is 7.89. The molecule has 1 N–H and O–H groups in total. The summed E-state index contributed by atoms with van der Waals surface area (Å²) in [5, 5.41) is 0. The van der Waals surface area contributed by atoms with E-state index in [-0.39, 0.29) is 12.0 Å². The van der Waals surface area contributed by atoms with E-state index in [0.29, 0.717) is 17.9 Å². The molecule has 0 radical (unpaired) electrons. The second-order valence-corrected chi connectivity index (χ2v) is 8.05. The molecule has 1 unspecified atom stereocenters. The SMILES string of the molecule is CCOC(=O)CCCCCN1CCC(NS(=O)(=O)c2ccccc2)C1. The number of carbonyl (C=O) groups excluding carboxylic acids is 1. The van der Waals surface area contributed by atoms with E-state index in [1.165, 1.54) is 0 Å². The number of ether oxygens (including phenoxy) is 1. The van der Waals surface area contributed by atoms with E-state index in [1.807, 2.05) is 6.92 Å². The monoisotopic (exact) mass is 368 g/mol. The molecule has 0 bridgehead atoms. The molecule has 0 amide bonds. The van der Waals surface area contributed by atoms with Crippen LogP contribution in [0.15, 0.2) is 35.2 Å². The standard InChI is InChI=1S/C18H28N2O4S/c1-2-24-18(21)11-7-4-8-13-20-14-12-16(15-20)19-25(22,23)17-9-5-3-6-10-17/h3,5-6,9-10,16,19H,2,4,7-8,11-15H2,1H3. The summed E-state index contributed by atoms with van der Waals surface area (Å²) in [5.41, 5.74) is 0. The molecule has 0 saturated carbocycles. The number of rotatable bonds is 10. The van der Waals surface area contributed by atoms with Crippen LogP contribution < -0.4 is 4.72 Å². The van der Waals surface area contributed by atoms with Crippen LogP contribution in [0, 0.1) is 0 Å². The van der Waals surface area contributed by atoms with Gasteiger partial charge in [0, 0.05) is 19.0 Å². The maximum atomic E-state index is 12.3. The molecule has 1 aliphatic heterocycles.